The summed E-state index contributed by atoms with van der Waals surface area (Å²) >= 11 is 4.30. The van der Waals surface area contributed by atoms with Gasteiger partial charge in [0.2, 0.25) is 0 Å². The van der Waals surface area contributed by atoms with Crippen LogP contribution in [0.2, 0.25) is 0 Å². The third-order valence-electron chi connectivity index (χ3n) is 0. The first-order chi connectivity index (χ1) is 1.41. The van der Waals surface area contributed by atoms with Gasteiger partial charge >= 0.3 is 0 Å². The van der Waals surface area contributed by atoms with Crippen LogP contribution in [0, 0.1) is 39.9 Å². The first-order valence-corrected chi connectivity index (χ1v) is 0.791. The number of hydrogen-bond donors (Lipinski definition) is 2. The van der Waals surface area contributed by atoms with Gasteiger partial charge < -0.3 is 5.21 Å². The molecule has 0 saturated carbocycles. The number of hydrogen-bond acceptors (Lipinski definition) is 2. The molecule has 0 spiro atoms. The van der Waals surface area contributed by atoms with Crippen molar-refractivity contribution in [2.75, 3.05) is 0 Å². The molecule has 0 bridgehead atoms. The molecular formula is H2ClGdNO. The molecular weight excluding hydrogens is 223 g/mol. The fourth-order valence-electron chi connectivity index (χ4n) is 0. The van der Waals surface area contributed by atoms with Crippen molar-refractivity contribution in [3.63, 3.8) is 0 Å². The molecule has 0 aliphatic heterocycles. The summed E-state index contributed by atoms with van der Waals surface area (Å²) in [7, 11) is 0. The van der Waals surface area contributed by atoms with Crippen LogP contribution in [0.15, 0.2) is 0 Å². The molecule has 0 aliphatic rings. The minimum atomic E-state index is 0. The predicted octanol–water partition coefficient (Wildman–Crippen LogP) is 0.119. The average Bonchev–Trinajstić information content (AvgIpc) is 0.918. The smallest absolute Gasteiger partial charge is 0.00268 e. The second-order valence-electron chi connectivity index (χ2n) is 0.0845. The Kier molecular flexibility index (Phi) is 20.1. The second-order valence-corrected chi connectivity index (χ2v) is 0.254. The Bertz CT molecular complexity index is 8.00. The molecule has 0 aromatic heterocycles. The Morgan fingerprint density at radius 3 is 1.75 bits per heavy atom. The van der Waals surface area contributed by atoms with Crippen molar-refractivity contribution in [3.8, 4) is 0 Å². The van der Waals surface area contributed by atoms with Crippen LogP contribution in [-0.4, -0.2) is 5.21 Å². The molecule has 0 saturated heterocycles. The SMILES string of the molecule is ONCl.[Gd]. The molecule has 4 heteroatoms. The van der Waals surface area contributed by atoms with Crippen LogP contribution in [0.3, 0.4) is 0 Å². The zero-order valence-corrected chi connectivity index (χ0v) is 4.70. The zero-order valence-electron chi connectivity index (χ0n) is 1.68. The number of halogens is 1. The Labute approximate surface area is 61.3 Å². The van der Waals surface area contributed by atoms with Gasteiger partial charge in [0.1, 0.15) is 0 Å². The van der Waals surface area contributed by atoms with Crippen molar-refractivity contribution in [1.82, 2.24) is 5.00 Å². The molecule has 2 N–H and O–H groups in total. The van der Waals surface area contributed by atoms with E-state index in [1.807, 2.05) is 0 Å². The van der Waals surface area contributed by atoms with Gasteiger partial charge in [0.05, 0.1) is 0 Å². The van der Waals surface area contributed by atoms with Gasteiger partial charge in [-0.15, -0.1) is 5.00 Å². The van der Waals surface area contributed by atoms with Gasteiger partial charge in [-0.1, -0.05) is 0 Å². The van der Waals surface area contributed by atoms with E-state index in [9.17, 15) is 0 Å². The zero-order chi connectivity index (χ0) is 2.71. The van der Waals surface area contributed by atoms with Crippen molar-refractivity contribution in [2.24, 2.45) is 0 Å². The van der Waals surface area contributed by atoms with Crippen molar-refractivity contribution < 1.29 is 45.1 Å². The summed E-state index contributed by atoms with van der Waals surface area (Å²) in [5, 5.41) is 7.08. The Morgan fingerprint density at radius 1 is 1.75 bits per heavy atom. The second kappa shape index (κ2) is 8.82. The molecule has 0 rings (SSSR count). The molecule has 0 aromatic rings. The average molecular weight is 225 g/mol. The first kappa shape index (κ1) is 9.11. The first-order valence-electron chi connectivity index (χ1n) is 0.413. The van der Waals surface area contributed by atoms with Gasteiger partial charge in [0, 0.05) is 51.7 Å². The van der Waals surface area contributed by atoms with Crippen molar-refractivity contribution in [3.05, 3.63) is 0 Å². The normalized spacial score (nSPS) is 4.50. The van der Waals surface area contributed by atoms with E-state index in [1.165, 1.54) is 5.00 Å². The van der Waals surface area contributed by atoms with Crippen molar-refractivity contribution in [2.45, 2.75) is 0 Å². The minimum Gasteiger partial charge on any atom is -0.301 e. The van der Waals surface area contributed by atoms with E-state index in [0.717, 1.165) is 0 Å². The van der Waals surface area contributed by atoms with Crippen LogP contribution in [0.4, 0.5) is 0 Å². The van der Waals surface area contributed by atoms with E-state index in [0.29, 0.717) is 0 Å². The molecule has 0 amide bonds. The summed E-state index contributed by atoms with van der Waals surface area (Å²) in [5.41, 5.74) is 0. The third kappa shape index (κ3) is 9.64. The number of rotatable bonds is 0. The van der Waals surface area contributed by atoms with E-state index >= 15 is 0 Å². The molecule has 2 nitrogen and oxygen atoms in total. The van der Waals surface area contributed by atoms with Gasteiger partial charge in [-0.2, -0.15) is 0 Å². The molecule has 28 valence electrons. The molecule has 0 aromatic carbocycles. The maximum Gasteiger partial charge on any atom is 0.00268 e. The molecule has 0 aliphatic carbocycles. The Balaban J connectivity index is 0. The topological polar surface area (TPSA) is 32.3 Å². The number of nitrogens with one attached hydrogen (secondary N) is 1. The van der Waals surface area contributed by atoms with Gasteiger partial charge in [0.25, 0.3) is 0 Å². The summed E-state index contributed by atoms with van der Waals surface area (Å²) in [4.78, 5) is 1.22. The van der Waals surface area contributed by atoms with E-state index in [1.54, 1.807) is 0 Å². The molecule has 0 atom stereocenters. The van der Waals surface area contributed by atoms with Gasteiger partial charge in [0.15, 0.2) is 0 Å². The summed E-state index contributed by atoms with van der Waals surface area (Å²) < 4.78 is 0. The molecule has 0 unspecified atom stereocenters. The predicted molar refractivity (Wildman–Crippen MR) is 10.8 cm³/mol. The van der Waals surface area contributed by atoms with Gasteiger partial charge in [-0.05, 0) is 0 Å². The standard InChI is InChI=1S/ClH2NO.Gd/c1-2-3;/h2-3H;. The summed E-state index contributed by atoms with van der Waals surface area (Å²) in [5.74, 6) is 0. The molecule has 0 radical (unpaired) electrons. The molecule has 0 fully saturated rings. The van der Waals surface area contributed by atoms with Crippen molar-refractivity contribution >= 4 is 11.8 Å². The van der Waals surface area contributed by atoms with Gasteiger partial charge in [-0.25, -0.2) is 0 Å². The minimum absolute atomic E-state index is 0. The van der Waals surface area contributed by atoms with E-state index in [2.05, 4.69) is 11.8 Å². The summed E-state index contributed by atoms with van der Waals surface area (Å²) in [6, 6.07) is 0. The van der Waals surface area contributed by atoms with Crippen LogP contribution < -0.4 is 5.00 Å². The van der Waals surface area contributed by atoms with Gasteiger partial charge in [-0.3, -0.25) is 0 Å². The molecule has 4 heavy (non-hydrogen) atoms. The van der Waals surface area contributed by atoms with Crippen LogP contribution in [0.5, 0.6) is 0 Å². The largest absolute Gasteiger partial charge is 0.301 e. The van der Waals surface area contributed by atoms with E-state index in [-0.39, 0.29) is 39.9 Å². The van der Waals surface area contributed by atoms with Crippen molar-refractivity contribution in [1.29, 1.82) is 0 Å². The fraction of sp³-hybridized carbons (Fsp3) is 0. The van der Waals surface area contributed by atoms with Crippen LogP contribution >= 0.6 is 11.8 Å². The third-order valence-corrected chi connectivity index (χ3v) is 0. The summed E-state index contributed by atoms with van der Waals surface area (Å²) in [6.07, 6.45) is 0. The molecule has 0 heterocycles. The Hall–Kier alpha value is 1.53. The monoisotopic (exact) mass is 225 g/mol. The summed E-state index contributed by atoms with van der Waals surface area (Å²) in [6.45, 7) is 0. The quantitative estimate of drug-likeness (QED) is 0.453. The van der Waals surface area contributed by atoms with E-state index < -0.39 is 0 Å². The maximum absolute atomic E-state index is 7.08. The van der Waals surface area contributed by atoms with Crippen LogP contribution in [0.1, 0.15) is 0 Å². The maximum atomic E-state index is 7.08. The van der Waals surface area contributed by atoms with Crippen LogP contribution in [0.25, 0.3) is 0 Å². The van der Waals surface area contributed by atoms with E-state index in [4.69, 9.17) is 5.21 Å². The Morgan fingerprint density at radius 2 is 1.75 bits per heavy atom. The van der Waals surface area contributed by atoms with Crippen LogP contribution in [-0.2, 0) is 0 Å². The fourth-order valence-corrected chi connectivity index (χ4v) is 0.